The van der Waals surface area contributed by atoms with Gasteiger partial charge in [0.1, 0.15) is 17.7 Å². The number of benzene rings is 2. The van der Waals surface area contributed by atoms with Crippen molar-refractivity contribution in [3.8, 4) is 5.75 Å². The number of anilines is 3. The third-order valence-corrected chi connectivity index (χ3v) is 4.78. The quantitative estimate of drug-likeness (QED) is 0.693. The van der Waals surface area contributed by atoms with Gasteiger partial charge < -0.3 is 15.8 Å². The molecule has 152 valence electrons. The van der Waals surface area contributed by atoms with Crippen LogP contribution in [0.15, 0.2) is 66.7 Å². The molecule has 2 amide bonds. The van der Waals surface area contributed by atoms with Crippen LogP contribution in [-0.2, 0) is 9.59 Å². The SMILES string of the molecule is CC(C(=O)Nc1ccc(F)cc1)N1C(=O)C(c2ccccc2)Oc2ccc(N)nc21. The second-order valence-electron chi connectivity index (χ2n) is 6.85. The predicted molar refractivity (Wildman–Crippen MR) is 110 cm³/mol. The summed E-state index contributed by atoms with van der Waals surface area (Å²) < 4.78 is 19.0. The van der Waals surface area contributed by atoms with E-state index in [9.17, 15) is 14.0 Å². The topological polar surface area (TPSA) is 97.5 Å². The highest BCUT2D eigenvalue weighted by Gasteiger charge is 2.41. The lowest BCUT2D eigenvalue weighted by atomic mass is 10.0. The molecule has 0 bridgehead atoms. The highest BCUT2D eigenvalue weighted by Crippen LogP contribution is 2.39. The smallest absolute Gasteiger partial charge is 0.274 e. The molecule has 1 aliphatic rings. The molecule has 0 saturated heterocycles. The number of aromatic nitrogens is 1. The molecule has 2 aromatic carbocycles. The zero-order valence-corrected chi connectivity index (χ0v) is 16.1. The number of carbonyl (C=O) groups excluding carboxylic acids is 2. The molecule has 0 spiro atoms. The molecule has 0 fully saturated rings. The minimum Gasteiger partial charge on any atom is -0.472 e. The van der Waals surface area contributed by atoms with Gasteiger partial charge in [-0.1, -0.05) is 30.3 Å². The van der Waals surface area contributed by atoms with Crippen LogP contribution in [0.2, 0.25) is 0 Å². The molecule has 30 heavy (non-hydrogen) atoms. The first-order chi connectivity index (χ1) is 14.4. The summed E-state index contributed by atoms with van der Waals surface area (Å²) in [6.45, 7) is 1.58. The number of rotatable bonds is 4. The zero-order chi connectivity index (χ0) is 21.3. The number of nitrogens with zero attached hydrogens (tertiary/aromatic N) is 2. The molecule has 3 aromatic rings. The van der Waals surface area contributed by atoms with E-state index < -0.39 is 29.8 Å². The van der Waals surface area contributed by atoms with Crippen LogP contribution in [0.25, 0.3) is 0 Å². The lowest BCUT2D eigenvalue weighted by Gasteiger charge is -2.36. The van der Waals surface area contributed by atoms with Crippen molar-refractivity contribution >= 4 is 29.1 Å². The second kappa shape index (κ2) is 7.82. The lowest BCUT2D eigenvalue weighted by Crippen LogP contribution is -2.51. The van der Waals surface area contributed by atoms with Gasteiger partial charge in [0.05, 0.1) is 0 Å². The minimum atomic E-state index is -0.926. The Morgan fingerprint density at radius 3 is 2.53 bits per heavy atom. The lowest BCUT2D eigenvalue weighted by molar-refractivity contribution is -0.129. The van der Waals surface area contributed by atoms with E-state index in [-0.39, 0.29) is 11.6 Å². The van der Waals surface area contributed by atoms with Crippen LogP contribution >= 0.6 is 0 Å². The van der Waals surface area contributed by atoms with Gasteiger partial charge in [-0.05, 0) is 43.3 Å². The maximum absolute atomic E-state index is 13.3. The van der Waals surface area contributed by atoms with Gasteiger partial charge in [0.25, 0.3) is 5.91 Å². The minimum absolute atomic E-state index is 0.175. The number of carbonyl (C=O) groups is 2. The van der Waals surface area contributed by atoms with E-state index in [0.29, 0.717) is 17.0 Å². The predicted octanol–water partition coefficient (Wildman–Crippen LogP) is 3.30. The molecule has 4 rings (SSSR count). The number of fused-ring (bicyclic) bond motifs is 1. The highest BCUT2D eigenvalue weighted by atomic mass is 19.1. The molecule has 2 unspecified atom stereocenters. The molecule has 2 atom stereocenters. The van der Waals surface area contributed by atoms with E-state index >= 15 is 0 Å². The van der Waals surface area contributed by atoms with Crippen LogP contribution in [0.1, 0.15) is 18.6 Å². The van der Waals surface area contributed by atoms with Crippen molar-refractivity contribution in [3.05, 3.63) is 78.1 Å². The molecule has 3 N–H and O–H groups in total. The molecule has 0 radical (unpaired) electrons. The van der Waals surface area contributed by atoms with Gasteiger partial charge >= 0.3 is 0 Å². The summed E-state index contributed by atoms with van der Waals surface area (Å²) in [5, 5.41) is 2.69. The third kappa shape index (κ3) is 3.67. The van der Waals surface area contributed by atoms with E-state index in [2.05, 4.69) is 10.3 Å². The van der Waals surface area contributed by atoms with Crippen LogP contribution in [0.5, 0.6) is 5.75 Å². The molecule has 1 aromatic heterocycles. The normalized spacial score (nSPS) is 16.4. The van der Waals surface area contributed by atoms with E-state index in [1.165, 1.54) is 29.2 Å². The summed E-state index contributed by atoms with van der Waals surface area (Å²) >= 11 is 0. The van der Waals surface area contributed by atoms with E-state index in [0.717, 1.165) is 0 Å². The Kier molecular flexibility index (Phi) is 5.05. The van der Waals surface area contributed by atoms with Crippen molar-refractivity contribution in [2.24, 2.45) is 0 Å². The first kappa shape index (κ1) is 19.4. The Labute approximate surface area is 172 Å². The van der Waals surface area contributed by atoms with Gasteiger partial charge in [-0.2, -0.15) is 0 Å². The van der Waals surface area contributed by atoms with Crippen LogP contribution in [-0.4, -0.2) is 22.8 Å². The van der Waals surface area contributed by atoms with E-state index in [1.54, 1.807) is 43.3 Å². The molecule has 2 heterocycles. The van der Waals surface area contributed by atoms with Gasteiger partial charge in [0.15, 0.2) is 11.6 Å². The fourth-order valence-electron chi connectivity index (χ4n) is 3.23. The van der Waals surface area contributed by atoms with E-state index in [4.69, 9.17) is 10.5 Å². The largest absolute Gasteiger partial charge is 0.472 e. The molecule has 7 nitrogen and oxygen atoms in total. The summed E-state index contributed by atoms with van der Waals surface area (Å²) in [6.07, 6.45) is -0.926. The molecule has 0 saturated carbocycles. The van der Waals surface area contributed by atoms with Gasteiger partial charge in [0.2, 0.25) is 12.0 Å². The number of nitrogens with one attached hydrogen (secondary N) is 1. The van der Waals surface area contributed by atoms with Crippen LogP contribution < -0.4 is 20.7 Å². The van der Waals surface area contributed by atoms with Crippen LogP contribution in [0.3, 0.4) is 0 Å². The van der Waals surface area contributed by atoms with Crippen molar-refractivity contribution < 1.29 is 18.7 Å². The van der Waals surface area contributed by atoms with Crippen LogP contribution in [0, 0.1) is 5.82 Å². The Hall–Kier alpha value is -3.94. The molecular formula is C22H19FN4O3. The average Bonchev–Trinajstić information content (AvgIpc) is 2.75. The van der Waals surface area contributed by atoms with Gasteiger partial charge in [-0.25, -0.2) is 9.37 Å². The molecule has 8 heteroatoms. The first-order valence-corrected chi connectivity index (χ1v) is 9.31. The maximum Gasteiger partial charge on any atom is 0.274 e. The van der Waals surface area contributed by atoms with Crippen LogP contribution in [0.4, 0.5) is 21.7 Å². The monoisotopic (exact) mass is 406 g/mol. The summed E-state index contributed by atoms with van der Waals surface area (Å²) in [5.41, 5.74) is 6.87. The molecular weight excluding hydrogens is 387 g/mol. The summed E-state index contributed by atoms with van der Waals surface area (Å²) in [4.78, 5) is 31.7. The number of nitrogens with two attached hydrogens (primary N) is 1. The van der Waals surface area contributed by atoms with Crippen molar-refractivity contribution in [1.29, 1.82) is 0 Å². The summed E-state index contributed by atoms with van der Waals surface area (Å²) in [5.74, 6) is -0.594. The van der Waals surface area contributed by atoms with Gasteiger partial charge in [-0.15, -0.1) is 0 Å². The Bertz CT molecular complexity index is 1090. The molecule has 1 aliphatic heterocycles. The number of nitrogen functional groups attached to an aromatic ring is 1. The summed E-state index contributed by atoms with van der Waals surface area (Å²) in [6, 6.07) is 16.6. The zero-order valence-electron chi connectivity index (χ0n) is 16.1. The van der Waals surface area contributed by atoms with Crippen molar-refractivity contribution in [2.45, 2.75) is 19.1 Å². The van der Waals surface area contributed by atoms with Crippen molar-refractivity contribution in [3.63, 3.8) is 0 Å². The Morgan fingerprint density at radius 2 is 1.83 bits per heavy atom. The third-order valence-electron chi connectivity index (χ3n) is 4.78. The number of hydrogen-bond donors (Lipinski definition) is 2. The van der Waals surface area contributed by atoms with Gasteiger partial charge in [-0.3, -0.25) is 14.5 Å². The molecule has 0 aliphatic carbocycles. The number of ether oxygens (including phenoxy) is 1. The van der Waals surface area contributed by atoms with Gasteiger partial charge in [0, 0.05) is 11.3 Å². The Morgan fingerprint density at radius 1 is 1.13 bits per heavy atom. The fraction of sp³-hybridized carbons (Fsp3) is 0.136. The number of halogens is 1. The fourth-order valence-corrected chi connectivity index (χ4v) is 3.23. The second-order valence-corrected chi connectivity index (χ2v) is 6.85. The number of amides is 2. The summed E-state index contributed by atoms with van der Waals surface area (Å²) in [7, 11) is 0. The average molecular weight is 406 g/mol. The van der Waals surface area contributed by atoms with Crippen molar-refractivity contribution in [1.82, 2.24) is 4.98 Å². The standard InChI is InChI=1S/C22H19FN4O3/c1-13(21(28)25-16-9-7-15(23)8-10-16)27-20-17(11-12-18(24)26-20)30-19(22(27)29)14-5-3-2-4-6-14/h2-13,19H,1H3,(H2,24,26)(H,25,28). The number of hydrogen-bond acceptors (Lipinski definition) is 5. The highest BCUT2D eigenvalue weighted by molar-refractivity contribution is 6.07. The number of pyridine rings is 1. The van der Waals surface area contributed by atoms with E-state index in [1.807, 2.05) is 6.07 Å². The maximum atomic E-state index is 13.3. The Balaban J connectivity index is 1.68. The first-order valence-electron chi connectivity index (χ1n) is 9.31. The van der Waals surface area contributed by atoms with Crippen molar-refractivity contribution in [2.75, 3.05) is 16.0 Å².